The zero-order chi connectivity index (χ0) is 8.97. The molecule has 0 saturated heterocycles. The fraction of sp³-hybridized carbons (Fsp3) is 0.833. The first-order valence-corrected chi connectivity index (χ1v) is 5.38. The Kier molecular flexibility index (Phi) is 3.84. The maximum absolute atomic E-state index is 4.15. The Morgan fingerprint density at radius 1 is 1.25 bits per heavy atom. The molecule has 0 heterocycles. The zero-order valence-corrected chi connectivity index (χ0v) is 8.60. The van der Waals surface area contributed by atoms with Crippen molar-refractivity contribution < 1.29 is 0 Å². The van der Waals surface area contributed by atoms with E-state index in [1.54, 1.807) is 0 Å². The summed E-state index contributed by atoms with van der Waals surface area (Å²) in [6, 6.07) is 0. The fourth-order valence-electron chi connectivity index (χ4n) is 2.00. The molecule has 12 heavy (non-hydrogen) atoms. The highest BCUT2D eigenvalue weighted by Crippen LogP contribution is 2.30. The highest BCUT2D eigenvalue weighted by Gasteiger charge is 2.15. The quantitative estimate of drug-likeness (QED) is 0.552. The van der Waals surface area contributed by atoms with Crippen molar-refractivity contribution in [2.24, 2.45) is 11.8 Å². The minimum Gasteiger partial charge on any atom is -0.0996 e. The summed E-state index contributed by atoms with van der Waals surface area (Å²) in [6.07, 6.45) is 8.56. The van der Waals surface area contributed by atoms with E-state index in [0.717, 1.165) is 5.92 Å². The third-order valence-electron chi connectivity index (χ3n) is 3.09. The molecular formula is C12H22. The lowest BCUT2D eigenvalue weighted by Gasteiger charge is -2.23. The largest absolute Gasteiger partial charge is 0.0996 e. The molecule has 1 rings (SSSR count). The van der Waals surface area contributed by atoms with Crippen LogP contribution in [-0.2, 0) is 0 Å². The van der Waals surface area contributed by atoms with Crippen LogP contribution in [0.4, 0.5) is 0 Å². The van der Waals surface area contributed by atoms with Crippen LogP contribution < -0.4 is 0 Å². The second kappa shape index (κ2) is 4.69. The Hall–Kier alpha value is -0.260. The van der Waals surface area contributed by atoms with Gasteiger partial charge in [0.25, 0.3) is 0 Å². The monoisotopic (exact) mass is 166 g/mol. The maximum Gasteiger partial charge on any atom is -0.0263 e. The third kappa shape index (κ3) is 3.00. The van der Waals surface area contributed by atoms with Gasteiger partial charge in [-0.3, -0.25) is 0 Å². The number of hydrogen-bond acceptors (Lipinski definition) is 0. The minimum atomic E-state index is 0.687. The van der Waals surface area contributed by atoms with Crippen LogP contribution in [0, 0.1) is 11.8 Å². The van der Waals surface area contributed by atoms with Gasteiger partial charge in [0.15, 0.2) is 0 Å². The molecule has 0 aromatic rings. The van der Waals surface area contributed by atoms with Crippen LogP contribution in [-0.4, -0.2) is 0 Å². The molecule has 0 N–H and O–H groups in total. The summed E-state index contributed by atoms with van der Waals surface area (Å²) in [5.74, 6) is 1.65. The molecule has 0 aliphatic heterocycles. The van der Waals surface area contributed by atoms with Crippen molar-refractivity contribution in [1.29, 1.82) is 0 Å². The average Bonchev–Trinajstić information content (AvgIpc) is 2.06. The summed E-state index contributed by atoms with van der Waals surface area (Å²) in [7, 11) is 0. The first-order valence-electron chi connectivity index (χ1n) is 5.38. The van der Waals surface area contributed by atoms with E-state index in [2.05, 4.69) is 20.4 Å². The van der Waals surface area contributed by atoms with Crippen molar-refractivity contribution >= 4 is 0 Å². The Balaban J connectivity index is 2.24. The summed E-state index contributed by atoms with van der Waals surface area (Å²) < 4.78 is 0. The van der Waals surface area contributed by atoms with E-state index in [1.807, 2.05) is 0 Å². The van der Waals surface area contributed by atoms with Gasteiger partial charge < -0.3 is 0 Å². The van der Waals surface area contributed by atoms with Gasteiger partial charge in [-0.15, -0.1) is 0 Å². The molecule has 1 aliphatic carbocycles. The van der Waals surface area contributed by atoms with Gasteiger partial charge >= 0.3 is 0 Å². The molecule has 0 unspecified atom stereocenters. The normalized spacial score (nSPS) is 19.9. The van der Waals surface area contributed by atoms with Crippen molar-refractivity contribution in [2.45, 2.75) is 52.4 Å². The smallest absolute Gasteiger partial charge is 0.0263 e. The van der Waals surface area contributed by atoms with Crippen LogP contribution in [0.5, 0.6) is 0 Å². The lowest BCUT2D eigenvalue weighted by molar-refractivity contribution is 0.349. The van der Waals surface area contributed by atoms with E-state index in [1.165, 1.54) is 44.1 Å². The van der Waals surface area contributed by atoms with Gasteiger partial charge in [-0.2, -0.15) is 0 Å². The molecule has 0 radical (unpaired) electrons. The van der Waals surface area contributed by atoms with Crippen LogP contribution >= 0.6 is 0 Å². The van der Waals surface area contributed by atoms with Gasteiger partial charge in [0, 0.05) is 0 Å². The SMILES string of the molecule is C=C(CC1CCCCC1)C(C)C. The van der Waals surface area contributed by atoms with Crippen molar-refractivity contribution in [3.05, 3.63) is 12.2 Å². The van der Waals surface area contributed by atoms with Gasteiger partial charge in [0.05, 0.1) is 0 Å². The van der Waals surface area contributed by atoms with E-state index >= 15 is 0 Å². The summed E-state index contributed by atoms with van der Waals surface area (Å²) in [4.78, 5) is 0. The van der Waals surface area contributed by atoms with E-state index in [4.69, 9.17) is 0 Å². The van der Waals surface area contributed by atoms with Crippen LogP contribution in [0.2, 0.25) is 0 Å². The number of allylic oxidation sites excluding steroid dienone is 1. The fourth-order valence-corrected chi connectivity index (χ4v) is 2.00. The highest BCUT2D eigenvalue weighted by atomic mass is 14.2. The predicted octanol–water partition coefficient (Wildman–Crippen LogP) is 4.17. The summed E-state index contributed by atoms with van der Waals surface area (Å²) in [6.45, 7) is 8.66. The molecule has 0 atom stereocenters. The second-order valence-corrected chi connectivity index (χ2v) is 4.52. The average molecular weight is 166 g/mol. The molecule has 0 aromatic heterocycles. The van der Waals surface area contributed by atoms with Gasteiger partial charge in [-0.25, -0.2) is 0 Å². The van der Waals surface area contributed by atoms with Crippen LogP contribution in [0.1, 0.15) is 52.4 Å². The van der Waals surface area contributed by atoms with E-state index < -0.39 is 0 Å². The van der Waals surface area contributed by atoms with Gasteiger partial charge in [0.1, 0.15) is 0 Å². The Labute approximate surface area is 77.1 Å². The highest BCUT2D eigenvalue weighted by molar-refractivity contribution is 4.99. The zero-order valence-electron chi connectivity index (χ0n) is 8.60. The Bertz CT molecular complexity index is 138. The Morgan fingerprint density at radius 3 is 2.33 bits per heavy atom. The molecule has 0 heteroatoms. The Morgan fingerprint density at radius 2 is 1.83 bits per heavy atom. The molecule has 0 amide bonds. The van der Waals surface area contributed by atoms with Gasteiger partial charge in [-0.05, 0) is 18.3 Å². The van der Waals surface area contributed by atoms with Crippen molar-refractivity contribution in [3.8, 4) is 0 Å². The molecule has 1 fully saturated rings. The molecule has 1 aliphatic rings. The van der Waals surface area contributed by atoms with Crippen LogP contribution in [0.15, 0.2) is 12.2 Å². The molecule has 0 bridgehead atoms. The van der Waals surface area contributed by atoms with Crippen molar-refractivity contribution in [2.75, 3.05) is 0 Å². The molecule has 70 valence electrons. The molecular weight excluding hydrogens is 144 g/mol. The van der Waals surface area contributed by atoms with Crippen LogP contribution in [0.3, 0.4) is 0 Å². The first-order chi connectivity index (χ1) is 5.70. The molecule has 0 spiro atoms. The lowest BCUT2D eigenvalue weighted by atomic mass is 9.83. The van der Waals surface area contributed by atoms with E-state index in [9.17, 15) is 0 Å². The standard InChI is InChI=1S/C12H22/c1-10(2)11(3)9-12-7-5-4-6-8-12/h10,12H,3-9H2,1-2H3. The summed E-state index contributed by atoms with van der Waals surface area (Å²) >= 11 is 0. The van der Waals surface area contributed by atoms with Crippen molar-refractivity contribution in [3.63, 3.8) is 0 Å². The second-order valence-electron chi connectivity index (χ2n) is 4.52. The third-order valence-corrected chi connectivity index (χ3v) is 3.09. The van der Waals surface area contributed by atoms with E-state index in [-0.39, 0.29) is 0 Å². The molecule has 1 saturated carbocycles. The van der Waals surface area contributed by atoms with Gasteiger partial charge in [-0.1, -0.05) is 58.1 Å². The molecule has 0 nitrogen and oxygen atoms in total. The number of hydrogen-bond donors (Lipinski definition) is 0. The summed E-state index contributed by atoms with van der Waals surface area (Å²) in [5, 5.41) is 0. The predicted molar refractivity (Wildman–Crippen MR) is 55.2 cm³/mol. The summed E-state index contributed by atoms with van der Waals surface area (Å²) in [5.41, 5.74) is 1.46. The maximum atomic E-state index is 4.15. The van der Waals surface area contributed by atoms with E-state index in [0.29, 0.717) is 5.92 Å². The van der Waals surface area contributed by atoms with Gasteiger partial charge in [0.2, 0.25) is 0 Å². The topological polar surface area (TPSA) is 0 Å². The number of rotatable bonds is 3. The van der Waals surface area contributed by atoms with Crippen LogP contribution in [0.25, 0.3) is 0 Å². The van der Waals surface area contributed by atoms with Crippen molar-refractivity contribution in [1.82, 2.24) is 0 Å². The molecule has 0 aromatic carbocycles. The lowest BCUT2D eigenvalue weighted by Crippen LogP contribution is -2.08. The first kappa shape index (κ1) is 9.83. The minimum absolute atomic E-state index is 0.687.